The van der Waals surface area contributed by atoms with E-state index in [2.05, 4.69) is 32.0 Å². The standard InChI is InChI=1S/C13H19NOS/c1-9-3-4-13(11(7-9)8-14)16-12-5-6-15-10(12)2/h3-4,7,10,12H,5-6,8,14H2,1-2H3. The zero-order chi connectivity index (χ0) is 11.5. The van der Waals surface area contributed by atoms with Gasteiger partial charge in [0.2, 0.25) is 0 Å². The average molecular weight is 237 g/mol. The van der Waals surface area contributed by atoms with E-state index in [9.17, 15) is 0 Å². The molecule has 2 unspecified atom stereocenters. The lowest BCUT2D eigenvalue weighted by Crippen LogP contribution is -2.13. The zero-order valence-electron chi connectivity index (χ0n) is 9.90. The Kier molecular flexibility index (Phi) is 3.90. The molecule has 2 N–H and O–H groups in total. The van der Waals surface area contributed by atoms with Crippen LogP contribution in [-0.2, 0) is 11.3 Å². The van der Waals surface area contributed by atoms with E-state index >= 15 is 0 Å². The second-order valence-corrected chi connectivity index (χ2v) is 5.62. The first-order valence-corrected chi connectivity index (χ1v) is 6.66. The van der Waals surface area contributed by atoms with Crippen molar-refractivity contribution in [1.29, 1.82) is 0 Å². The number of benzene rings is 1. The summed E-state index contributed by atoms with van der Waals surface area (Å²) < 4.78 is 5.58. The van der Waals surface area contributed by atoms with Crippen molar-refractivity contribution in [2.75, 3.05) is 6.61 Å². The minimum absolute atomic E-state index is 0.358. The van der Waals surface area contributed by atoms with E-state index in [1.807, 2.05) is 11.8 Å². The number of rotatable bonds is 3. The maximum atomic E-state index is 5.78. The van der Waals surface area contributed by atoms with Crippen molar-refractivity contribution in [3.63, 3.8) is 0 Å². The van der Waals surface area contributed by atoms with Crippen LogP contribution in [0.5, 0.6) is 0 Å². The van der Waals surface area contributed by atoms with E-state index < -0.39 is 0 Å². The highest BCUT2D eigenvalue weighted by atomic mass is 32.2. The third kappa shape index (κ3) is 2.59. The predicted molar refractivity (Wildman–Crippen MR) is 68.7 cm³/mol. The SMILES string of the molecule is Cc1ccc(SC2CCOC2C)c(CN)c1. The molecule has 0 aliphatic carbocycles. The van der Waals surface area contributed by atoms with Crippen molar-refractivity contribution in [1.82, 2.24) is 0 Å². The molecular formula is C13H19NOS. The highest BCUT2D eigenvalue weighted by Crippen LogP contribution is 2.34. The molecule has 2 atom stereocenters. The molecule has 88 valence electrons. The third-order valence-corrected chi connectivity index (χ3v) is 4.59. The molecule has 0 spiro atoms. The maximum absolute atomic E-state index is 5.78. The first-order valence-electron chi connectivity index (χ1n) is 5.78. The Morgan fingerprint density at radius 3 is 2.94 bits per heavy atom. The monoisotopic (exact) mass is 237 g/mol. The summed E-state index contributed by atoms with van der Waals surface area (Å²) in [5.41, 5.74) is 8.32. The summed E-state index contributed by atoms with van der Waals surface area (Å²) >= 11 is 1.91. The summed E-state index contributed by atoms with van der Waals surface area (Å²) in [6.07, 6.45) is 1.50. The third-order valence-electron chi connectivity index (χ3n) is 3.02. The van der Waals surface area contributed by atoms with Gasteiger partial charge in [-0.2, -0.15) is 0 Å². The van der Waals surface area contributed by atoms with Crippen LogP contribution in [0.3, 0.4) is 0 Å². The van der Waals surface area contributed by atoms with Crippen molar-refractivity contribution < 1.29 is 4.74 Å². The summed E-state index contributed by atoms with van der Waals surface area (Å²) in [4.78, 5) is 1.32. The second kappa shape index (κ2) is 5.21. The molecule has 1 aromatic carbocycles. The fourth-order valence-corrected chi connectivity index (χ4v) is 3.26. The van der Waals surface area contributed by atoms with Crippen molar-refractivity contribution in [3.05, 3.63) is 29.3 Å². The molecule has 1 aromatic rings. The minimum atomic E-state index is 0.358. The largest absolute Gasteiger partial charge is 0.377 e. The molecule has 1 fully saturated rings. The fraction of sp³-hybridized carbons (Fsp3) is 0.538. The summed E-state index contributed by atoms with van der Waals surface area (Å²) in [5, 5.41) is 0.577. The highest BCUT2D eigenvalue weighted by Gasteiger charge is 2.25. The van der Waals surface area contributed by atoms with E-state index in [0.717, 1.165) is 13.0 Å². The summed E-state index contributed by atoms with van der Waals surface area (Å²) in [7, 11) is 0. The smallest absolute Gasteiger partial charge is 0.0669 e. The maximum Gasteiger partial charge on any atom is 0.0669 e. The summed E-state index contributed by atoms with van der Waals surface area (Å²) in [5.74, 6) is 0. The van der Waals surface area contributed by atoms with E-state index in [1.165, 1.54) is 16.0 Å². The second-order valence-electron chi connectivity index (χ2n) is 4.34. The molecule has 0 saturated carbocycles. The first kappa shape index (κ1) is 12.0. The quantitative estimate of drug-likeness (QED) is 0.878. The number of aryl methyl sites for hydroxylation is 1. The predicted octanol–water partition coefficient (Wildman–Crippen LogP) is 2.72. The van der Waals surface area contributed by atoms with E-state index in [0.29, 0.717) is 17.9 Å². The molecule has 1 heterocycles. The van der Waals surface area contributed by atoms with Gasteiger partial charge in [0.05, 0.1) is 6.10 Å². The van der Waals surface area contributed by atoms with E-state index in [1.54, 1.807) is 0 Å². The lowest BCUT2D eigenvalue weighted by molar-refractivity contribution is 0.127. The Balaban J connectivity index is 2.14. The van der Waals surface area contributed by atoms with Crippen LogP contribution in [0.15, 0.2) is 23.1 Å². The van der Waals surface area contributed by atoms with Crippen LogP contribution in [0.1, 0.15) is 24.5 Å². The lowest BCUT2D eigenvalue weighted by atomic mass is 10.1. The molecule has 0 radical (unpaired) electrons. The average Bonchev–Trinajstić information content (AvgIpc) is 2.67. The van der Waals surface area contributed by atoms with Gasteiger partial charge < -0.3 is 10.5 Å². The Morgan fingerprint density at radius 2 is 2.31 bits per heavy atom. The van der Waals surface area contributed by atoms with Gasteiger partial charge in [0.25, 0.3) is 0 Å². The molecule has 0 bridgehead atoms. The van der Waals surface area contributed by atoms with E-state index in [-0.39, 0.29) is 0 Å². The van der Waals surface area contributed by atoms with Crippen LogP contribution < -0.4 is 5.73 Å². The summed E-state index contributed by atoms with van der Waals surface area (Å²) in [6.45, 7) is 5.77. The van der Waals surface area contributed by atoms with Gasteiger partial charge in [0.1, 0.15) is 0 Å². The molecular weight excluding hydrogens is 218 g/mol. The first-order chi connectivity index (χ1) is 7.70. The molecule has 2 rings (SSSR count). The van der Waals surface area contributed by atoms with Gasteiger partial charge in [-0.25, -0.2) is 0 Å². The van der Waals surface area contributed by atoms with Crippen LogP contribution in [0, 0.1) is 6.92 Å². The molecule has 0 aromatic heterocycles. The lowest BCUT2D eigenvalue weighted by Gasteiger charge is -2.16. The highest BCUT2D eigenvalue weighted by molar-refractivity contribution is 8.00. The molecule has 16 heavy (non-hydrogen) atoms. The van der Waals surface area contributed by atoms with Crippen molar-refractivity contribution >= 4 is 11.8 Å². The Labute approximate surface area is 102 Å². The summed E-state index contributed by atoms with van der Waals surface area (Å²) in [6, 6.07) is 6.53. The molecule has 1 aliphatic heterocycles. The van der Waals surface area contributed by atoms with Crippen molar-refractivity contribution in [2.24, 2.45) is 5.73 Å². The Bertz CT molecular complexity index is 367. The van der Waals surface area contributed by atoms with Gasteiger partial charge in [0, 0.05) is 23.3 Å². The zero-order valence-corrected chi connectivity index (χ0v) is 10.7. The number of thioether (sulfide) groups is 1. The Hall–Kier alpha value is -0.510. The fourth-order valence-electron chi connectivity index (χ4n) is 2.01. The number of hydrogen-bond acceptors (Lipinski definition) is 3. The van der Waals surface area contributed by atoms with Crippen molar-refractivity contribution in [3.8, 4) is 0 Å². The number of hydrogen-bond donors (Lipinski definition) is 1. The topological polar surface area (TPSA) is 35.2 Å². The van der Waals surface area contributed by atoms with Gasteiger partial charge in [-0.1, -0.05) is 17.7 Å². The van der Waals surface area contributed by atoms with Crippen LogP contribution in [0.4, 0.5) is 0 Å². The molecule has 1 aliphatic rings. The molecule has 3 heteroatoms. The van der Waals surface area contributed by atoms with Gasteiger partial charge in [-0.3, -0.25) is 0 Å². The van der Waals surface area contributed by atoms with Gasteiger partial charge in [-0.05, 0) is 31.9 Å². The number of ether oxygens (including phenoxy) is 1. The molecule has 0 amide bonds. The van der Waals surface area contributed by atoms with E-state index in [4.69, 9.17) is 10.5 Å². The Morgan fingerprint density at radius 1 is 1.50 bits per heavy atom. The van der Waals surface area contributed by atoms with Crippen LogP contribution in [0.25, 0.3) is 0 Å². The van der Waals surface area contributed by atoms with Gasteiger partial charge in [0.15, 0.2) is 0 Å². The van der Waals surface area contributed by atoms with Gasteiger partial charge >= 0.3 is 0 Å². The minimum Gasteiger partial charge on any atom is -0.377 e. The molecule has 1 saturated heterocycles. The van der Waals surface area contributed by atoms with Crippen LogP contribution in [0.2, 0.25) is 0 Å². The molecule has 2 nitrogen and oxygen atoms in total. The van der Waals surface area contributed by atoms with Crippen LogP contribution >= 0.6 is 11.8 Å². The van der Waals surface area contributed by atoms with Crippen molar-refractivity contribution in [2.45, 2.75) is 43.1 Å². The normalized spacial score (nSPS) is 24.9. The van der Waals surface area contributed by atoms with Gasteiger partial charge in [-0.15, -0.1) is 11.8 Å². The number of nitrogens with two attached hydrogens (primary N) is 1. The van der Waals surface area contributed by atoms with Crippen LogP contribution in [-0.4, -0.2) is 18.0 Å².